The monoisotopic (exact) mass is 322 g/mol. The van der Waals surface area contributed by atoms with Gasteiger partial charge in [-0.1, -0.05) is 13.8 Å². The average Bonchev–Trinajstić information content (AvgIpc) is 2.58. The van der Waals surface area contributed by atoms with Gasteiger partial charge in [0.25, 0.3) is 0 Å². The molecule has 2 aliphatic heterocycles. The molecule has 23 heavy (non-hydrogen) atoms. The van der Waals surface area contributed by atoms with Crippen molar-refractivity contribution in [2.24, 2.45) is 11.8 Å². The van der Waals surface area contributed by atoms with Gasteiger partial charge < -0.3 is 0 Å². The van der Waals surface area contributed by atoms with Crippen molar-refractivity contribution in [2.45, 2.75) is 58.8 Å². The molecule has 0 unspecified atom stereocenters. The Morgan fingerprint density at radius 2 is 1.09 bits per heavy atom. The summed E-state index contributed by atoms with van der Waals surface area (Å²) in [4.78, 5) is 27.7. The Morgan fingerprint density at radius 1 is 0.739 bits per heavy atom. The Balaban J connectivity index is 1.62. The number of carbonyl (C=O) groups excluding carboxylic acids is 2. The molecular weight excluding hydrogens is 288 g/mol. The Kier molecular flexibility index (Phi) is 7.71. The van der Waals surface area contributed by atoms with Crippen LogP contribution in [0.2, 0.25) is 0 Å². The molecule has 2 aliphatic rings. The van der Waals surface area contributed by atoms with Crippen LogP contribution in [0.3, 0.4) is 0 Å². The van der Waals surface area contributed by atoms with Crippen LogP contribution in [0.5, 0.6) is 0 Å². The zero-order valence-electron chi connectivity index (χ0n) is 15.1. The number of nitrogens with zero attached hydrogens (tertiary/aromatic N) is 2. The van der Waals surface area contributed by atoms with Gasteiger partial charge in [0, 0.05) is 12.8 Å². The highest BCUT2D eigenvalue weighted by Gasteiger charge is 2.26. The van der Waals surface area contributed by atoms with Gasteiger partial charge in [-0.15, -0.1) is 0 Å². The first-order valence-corrected chi connectivity index (χ1v) is 9.58. The lowest BCUT2D eigenvalue weighted by Gasteiger charge is -2.36. The average molecular weight is 322 g/mol. The first-order valence-electron chi connectivity index (χ1n) is 9.58. The van der Waals surface area contributed by atoms with Gasteiger partial charge in [-0.25, -0.2) is 0 Å². The molecule has 0 radical (unpaired) electrons. The molecule has 0 saturated carbocycles. The fourth-order valence-corrected chi connectivity index (χ4v) is 3.95. The second kappa shape index (κ2) is 9.53. The van der Waals surface area contributed by atoms with E-state index in [1.54, 1.807) is 0 Å². The van der Waals surface area contributed by atoms with Crippen LogP contribution in [0.15, 0.2) is 0 Å². The van der Waals surface area contributed by atoms with Crippen LogP contribution in [0.1, 0.15) is 58.8 Å². The number of ketones is 2. The number of likely N-dealkylation sites (tertiary alicyclic amines) is 2. The fourth-order valence-electron chi connectivity index (χ4n) is 3.95. The van der Waals surface area contributed by atoms with E-state index in [1.165, 1.54) is 32.1 Å². The minimum atomic E-state index is 0.373. The first-order chi connectivity index (χ1) is 11.1. The van der Waals surface area contributed by atoms with Crippen molar-refractivity contribution in [3.63, 3.8) is 0 Å². The summed E-state index contributed by atoms with van der Waals surface area (Å²) in [6, 6.07) is 0. The summed E-state index contributed by atoms with van der Waals surface area (Å²) in [6.45, 7) is 9.62. The summed E-state index contributed by atoms with van der Waals surface area (Å²) in [6.07, 6.45) is 7.71. The van der Waals surface area contributed by atoms with Crippen molar-refractivity contribution < 1.29 is 9.59 Å². The molecule has 2 rings (SSSR count). The van der Waals surface area contributed by atoms with Crippen LogP contribution >= 0.6 is 0 Å². The van der Waals surface area contributed by atoms with Gasteiger partial charge in [0.2, 0.25) is 0 Å². The van der Waals surface area contributed by atoms with Crippen molar-refractivity contribution in [3.05, 3.63) is 0 Å². The van der Waals surface area contributed by atoms with Crippen molar-refractivity contribution in [1.82, 2.24) is 9.80 Å². The quantitative estimate of drug-likeness (QED) is 0.689. The van der Waals surface area contributed by atoms with Crippen LogP contribution in [-0.4, -0.2) is 60.6 Å². The van der Waals surface area contributed by atoms with Crippen LogP contribution < -0.4 is 0 Å². The van der Waals surface area contributed by atoms with Crippen LogP contribution in [0.25, 0.3) is 0 Å². The second-order valence-corrected chi connectivity index (χ2v) is 7.46. The molecule has 0 aliphatic carbocycles. The zero-order chi connectivity index (χ0) is 16.7. The molecule has 0 aromatic rings. The highest BCUT2D eigenvalue weighted by atomic mass is 16.1. The summed E-state index contributed by atoms with van der Waals surface area (Å²) in [7, 11) is 0. The fraction of sp³-hybridized carbons (Fsp3) is 0.895. The van der Waals surface area contributed by atoms with Crippen molar-refractivity contribution in [2.75, 3.05) is 39.3 Å². The lowest BCUT2D eigenvalue weighted by atomic mass is 9.82. The third-order valence-electron chi connectivity index (χ3n) is 5.67. The predicted molar refractivity (Wildman–Crippen MR) is 93.5 cm³/mol. The number of piperidine rings is 2. The van der Waals surface area contributed by atoms with Gasteiger partial charge in [-0.2, -0.15) is 0 Å². The lowest BCUT2D eigenvalue weighted by Crippen LogP contribution is -2.39. The molecule has 2 heterocycles. The van der Waals surface area contributed by atoms with E-state index in [9.17, 15) is 9.59 Å². The number of hydrogen-bond acceptors (Lipinski definition) is 4. The Bertz CT molecular complexity index is 345. The molecule has 132 valence electrons. The minimum Gasteiger partial charge on any atom is -0.298 e. The van der Waals surface area contributed by atoms with E-state index < -0.39 is 0 Å². The number of carbonyl (C=O) groups is 2. The van der Waals surface area contributed by atoms with E-state index in [4.69, 9.17) is 0 Å². The minimum absolute atomic E-state index is 0.373. The molecule has 4 nitrogen and oxygen atoms in total. The molecule has 0 amide bonds. The van der Waals surface area contributed by atoms with E-state index in [1.807, 2.05) is 13.8 Å². The summed E-state index contributed by atoms with van der Waals surface area (Å²) in [5.41, 5.74) is 0. The molecule has 0 aromatic carbocycles. The lowest BCUT2D eigenvalue weighted by molar-refractivity contribution is -0.120. The van der Waals surface area contributed by atoms with Gasteiger partial charge in [0.1, 0.15) is 11.6 Å². The van der Waals surface area contributed by atoms with Gasteiger partial charge in [-0.05, 0) is 70.1 Å². The van der Waals surface area contributed by atoms with Crippen molar-refractivity contribution >= 4 is 11.6 Å². The maximum atomic E-state index is 11.5. The zero-order valence-corrected chi connectivity index (χ0v) is 15.1. The second-order valence-electron chi connectivity index (χ2n) is 7.46. The molecule has 0 aromatic heterocycles. The van der Waals surface area contributed by atoms with Crippen molar-refractivity contribution in [1.29, 1.82) is 0 Å². The highest BCUT2D eigenvalue weighted by molar-refractivity contribution is 5.80. The van der Waals surface area contributed by atoms with Crippen LogP contribution in [0.4, 0.5) is 0 Å². The normalized spacial score (nSPS) is 22.3. The Hall–Kier alpha value is -0.740. The maximum Gasteiger partial charge on any atom is 0.146 e. The van der Waals surface area contributed by atoms with Gasteiger partial charge >= 0.3 is 0 Å². The number of rotatable bonds is 8. The summed E-state index contributed by atoms with van der Waals surface area (Å²) in [5.74, 6) is 2.43. The number of hydrogen-bond donors (Lipinski definition) is 0. The van der Waals surface area contributed by atoms with E-state index in [0.29, 0.717) is 37.5 Å². The van der Waals surface area contributed by atoms with Crippen LogP contribution in [0, 0.1) is 11.8 Å². The van der Waals surface area contributed by atoms with Crippen LogP contribution in [-0.2, 0) is 9.59 Å². The summed E-state index contributed by atoms with van der Waals surface area (Å²) < 4.78 is 0. The highest BCUT2D eigenvalue weighted by Crippen LogP contribution is 2.29. The first kappa shape index (κ1) is 18.6. The van der Waals surface area contributed by atoms with Crippen molar-refractivity contribution in [3.8, 4) is 0 Å². The molecule has 0 spiro atoms. The molecule has 0 atom stereocenters. The van der Waals surface area contributed by atoms with Gasteiger partial charge in [0.15, 0.2) is 0 Å². The smallest absolute Gasteiger partial charge is 0.146 e. The molecule has 2 fully saturated rings. The van der Waals surface area contributed by atoms with Gasteiger partial charge in [-0.3, -0.25) is 19.4 Å². The molecule has 4 heteroatoms. The van der Waals surface area contributed by atoms with E-state index in [2.05, 4.69) is 9.80 Å². The van der Waals surface area contributed by atoms with E-state index in [0.717, 1.165) is 38.0 Å². The van der Waals surface area contributed by atoms with E-state index >= 15 is 0 Å². The maximum absolute atomic E-state index is 11.5. The van der Waals surface area contributed by atoms with Gasteiger partial charge in [0.05, 0.1) is 13.1 Å². The molecular formula is C19H34N2O2. The standard InChI is InChI=1S/C19H34N2O2/c1-3-18(22)14-20-9-5-16(6-10-20)13-17-7-11-21(12-8-17)15-19(23)4-2/h16-17H,3-15H2,1-2H3. The third-order valence-corrected chi connectivity index (χ3v) is 5.67. The Morgan fingerprint density at radius 3 is 1.39 bits per heavy atom. The SMILES string of the molecule is CCC(=O)CN1CCC(CC2CCN(CC(=O)CC)CC2)CC1. The Labute approximate surface area is 141 Å². The molecule has 0 N–H and O–H groups in total. The third kappa shape index (κ3) is 6.34. The summed E-state index contributed by atoms with van der Waals surface area (Å²) >= 11 is 0. The van der Waals surface area contributed by atoms with E-state index in [-0.39, 0.29) is 0 Å². The molecule has 0 bridgehead atoms. The topological polar surface area (TPSA) is 40.6 Å². The summed E-state index contributed by atoms with van der Waals surface area (Å²) in [5, 5.41) is 0. The largest absolute Gasteiger partial charge is 0.298 e. The number of Topliss-reactive ketones (excluding diaryl/α,β-unsaturated/α-hetero) is 2. The molecule has 2 saturated heterocycles. The predicted octanol–water partition coefficient (Wildman–Crippen LogP) is 2.76.